The number of benzene rings is 1. The summed E-state index contributed by atoms with van der Waals surface area (Å²) in [5.74, 6) is 0.579. The van der Waals surface area contributed by atoms with Crippen molar-refractivity contribution in [3.8, 4) is 0 Å². The Hall–Kier alpha value is -2.48. The van der Waals surface area contributed by atoms with E-state index < -0.39 is 15.1 Å². The van der Waals surface area contributed by atoms with E-state index >= 15 is 0 Å². The molecular formula is C18H22N4O3S. The third-order valence-corrected chi connectivity index (χ3v) is 6.62. The highest BCUT2D eigenvalue weighted by atomic mass is 32.2. The van der Waals surface area contributed by atoms with Gasteiger partial charge in [-0.25, -0.2) is 18.4 Å². The van der Waals surface area contributed by atoms with Crippen LogP contribution in [0.25, 0.3) is 0 Å². The zero-order valence-electron chi connectivity index (χ0n) is 14.9. The summed E-state index contributed by atoms with van der Waals surface area (Å²) in [6, 6.07) is 7.97. The van der Waals surface area contributed by atoms with Crippen molar-refractivity contribution in [2.45, 2.75) is 24.0 Å². The molecule has 1 fully saturated rings. The lowest BCUT2D eigenvalue weighted by Crippen LogP contribution is -2.49. The molecule has 1 aromatic heterocycles. The number of carbonyl (C=O) groups is 1. The molecule has 1 saturated heterocycles. The van der Waals surface area contributed by atoms with Gasteiger partial charge in [0, 0.05) is 44.1 Å². The standard InChI is InChI=1S/C18H22N4O3S/c1-14(2)26(24,25)16-6-4-15(5-7-16)17(23)21-10-12-22(13-11-21)18-19-8-3-9-20-18/h3-9,14H,10-13H2,1-2H3. The smallest absolute Gasteiger partial charge is 0.253 e. The second-order valence-corrected chi connectivity index (χ2v) is 8.95. The largest absolute Gasteiger partial charge is 0.337 e. The van der Waals surface area contributed by atoms with E-state index in [0.717, 1.165) is 0 Å². The monoisotopic (exact) mass is 374 g/mol. The summed E-state index contributed by atoms with van der Waals surface area (Å²) < 4.78 is 24.3. The zero-order chi connectivity index (χ0) is 18.7. The number of carbonyl (C=O) groups excluding carboxylic acids is 1. The van der Waals surface area contributed by atoms with Gasteiger partial charge in [-0.2, -0.15) is 0 Å². The Bertz CT molecular complexity index is 859. The van der Waals surface area contributed by atoms with Gasteiger partial charge in [-0.15, -0.1) is 0 Å². The first kappa shape index (κ1) is 18.3. The van der Waals surface area contributed by atoms with E-state index in [1.54, 1.807) is 49.3 Å². The fourth-order valence-corrected chi connectivity index (χ4v) is 3.87. The highest BCUT2D eigenvalue weighted by molar-refractivity contribution is 7.92. The quantitative estimate of drug-likeness (QED) is 0.809. The van der Waals surface area contributed by atoms with Gasteiger partial charge in [-0.1, -0.05) is 0 Å². The van der Waals surface area contributed by atoms with Gasteiger partial charge < -0.3 is 9.80 Å². The van der Waals surface area contributed by atoms with Gasteiger partial charge >= 0.3 is 0 Å². The van der Waals surface area contributed by atoms with Crippen LogP contribution in [0.5, 0.6) is 0 Å². The fraction of sp³-hybridized carbons (Fsp3) is 0.389. The molecule has 2 heterocycles. The van der Waals surface area contributed by atoms with Crippen LogP contribution >= 0.6 is 0 Å². The van der Waals surface area contributed by atoms with Gasteiger partial charge in [-0.3, -0.25) is 4.79 Å². The van der Waals surface area contributed by atoms with Crippen LogP contribution in [0.2, 0.25) is 0 Å². The fourth-order valence-electron chi connectivity index (χ4n) is 2.81. The van der Waals surface area contributed by atoms with Gasteiger partial charge in [0.1, 0.15) is 0 Å². The molecule has 0 N–H and O–H groups in total. The van der Waals surface area contributed by atoms with E-state index in [9.17, 15) is 13.2 Å². The minimum atomic E-state index is -3.33. The van der Waals surface area contributed by atoms with Crippen LogP contribution < -0.4 is 4.90 Å². The predicted octanol–water partition coefficient (Wildman–Crippen LogP) is 1.62. The summed E-state index contributed by atoms with van der Waals surface area (Å²) >= 11 is 0. The third kappa shape index (κ3) is 3.70. The maximum atomic E-state index is 12.7. The van der Waals surface area contributed by atoms with Crippen molar-refractivity contribution in [2.75, 3.05) is 31.1 Å². The van der Waals surface area contributed by atoms with Crippen molar-refractivity contribution in [3.05, 3.63) is 48.3 Å². The topological polar surface area (TPSA) is 83.5 Å². The minimum Gasteiger partial charge on any atom is -0.337 e. The molecule has 0 spiro atoms. The number of piperazine rings is 1. The van der Waals surface area contributed by atoms with Crippen molar-refractivity contribution in [1.29, 1.82) is 0 Å². The van der Waals surface area contributed by atoms with E-state index in [-0.39, 0.29) is 10.8 Å². The minimum absolute atomic E-state index is 0.0906. The molecule has 1 aliphatic rings. The number of anilines is 1. The lowest BCUT2D eigenvalue weighted by molar-refractivity contribution is 0.0746. The van der Waals surface area contributed by atoms with Crippen LogP contribution in [-0.4, -0.2) is 60.6 Å². The van der Waals surface area contributed by atoms with Crippen LogP contribution in [0.1, 0.15) is 24.2 Å². The highest BCUT2D eigenvalue weighted by Crippen LogP contribution is 2.18. The molecule has 2 aromatic rings. The molecule has 0 unspecified atom stereocenters. The van der Waals surface area contributed by atoms with E-state index in [1.165, 1.54) is 12.1 Å². The number of nitrogens with zero attached hydrogens (tertiary/aromatic N) is 4. The van der Waals surface area contributed by atoms with E-state index in [0.29, 0.717) is 37.7 Å². The molecule has 0 bridgehead atoms. The third-order valence-electron chi connectivity index (χ3n) is 4.45. The number of rotatable bonds is 4. The van der Waals surface area contributed by atoms with Crippen molar-refractivity contribution < 1.29 is 13.2 Å². The van der Waals surface area contributed by atoms with Crippen LogP contribution in [0.4, 0.5) is 5.95 Å². The Morgan fingerprint density at radius 3 is 2.12 bits per heavy atom. The molecule has 1 amide bonds. The van der Waals surface area contributed by atoms with E-state index in [4.69, 9.17) is 0 Å². The Balaban J connectivity index is 1.66. The average Bonchev–Trinajstić information content (AvgIpc) is 2.68. The predicted molar refractivity (Wildman–Crippen MR) is 98.9 cm³/mol. The molecule has 0 aliphatic carbocycles. The first-order valence-corrected chi connectivity index (χ1v) is 10.1. The summed E-state index contributed by atoms with van der Waals surface area (Å²) in [6.45, 7) is 5.76. The Labute approximate surface area is 153 Å². The summed E-state index contributed by atoms with van der Waals surface area (Å²) in [6.07, 6.45) is 3.40. The molecular weight excluding hydrogens is 352 g/mol. The average molecular weight is 374 g/mol. The number of hydrogen-bond donors (Lipinski definition) is 0. The molecule has 0 atom stereocenters. The summed E-state index contributed by atoms with van der Waals surface area (Å²) in [4.78, 5) is 25.2. The first-order chi connectivity index (χ1) is 12.4. The zero-order valence-corrected chi connectivity index (χ0v) is 15.7. The van der Waals surface area contributed by atoms with Crippen molar-refractivity contribution >= 4 is 21.7 Å². The Morgan fingerprint density at radius 1 is 1.00 bits per heavy atom. The maximum absolute atomic E-state index is 12.7. The molecule has 8 heteroatoms. The maximum Gasteiger partial charge on any atom is 0.253 e. The van der Waals surface area contributed by atoms with Gasteiger partial charge in [-0.05, 0) is 44.2 Å². The van der Waals surface area contributed by atoms with Crippen LogP contribution in [0, 0.1) is 0 Å². The van der Waals surface area contributed by atoms with Gasteiger partial charge in [0.05, 0.1) is 10.1 Å². The van der Waals surface area contributed by atoms with Crippen LogP contribution in [0.3, 0.4) is 0 Å². The number of aromatic nitrogens is 2. The van der Waals surface area contributed by atoms with Gasteiger partial charge in [0.25, 0.3) is 5.91 Å². The highest BCUT2D eigenvalue weighted by Gasteiger charge is 2.24. The Morgan fingerprint density at radius 2 is 1.58 bits per heavy atom. The summed E-state index contributed by atoms with van der Waals surface area (Å²) in [7, 11) is -3.33. The van der Waals surface area contributed by atoms with E-state index in [1.807, 2.05) is 4.90 Å². The molecule has 7 nitrogen and oxygen atoms in total. The lowest BCUT2D eigenvalue weighted by atomic mass is 10.2. The lowest BCUT2D eigenvalue weighted by Gasteiger charge is -2.34. The van der Waals surface area contributed by atoms with Gasteiger partial charge in [0.2, 0.25) is 5.95 Å². The van der Waals surface area contributed by atoms with Crippen molar-refractivity contribution in [3.63, 3.8) is 0 Å². The molecule has 138 valence electrons. The molecule has 0 radical (unpaired) electrons. The Kier molecular flexibility index (Phi) is 5.22. The normalized spacial score (nSPS) is 15.3. The van der Waals surface area contributed by atoms with Crippen LogP contribution in [-0.2, 0) is 9.84 Å². The second-order valence-electron chi connectivity index (χ2n) is 6.45. The van der Waals surface area contributed by atoms with E-state index in [2.05, 4.69) is 9.97 Å². The first-order valence-electron chi connectivity index (χ1n) is 8.55. The number of hydrogen-bond acceptors (Lipinski definition) is 6. The summed E-state index contributed by atoms with van der Waals surface area (Å²) in [5.41, 5.74) is 0.497. The molecule has 1 aliphatic heterocycles. The van der Waals surface area contributed by atoms with Crippen molar-refractivity contribution in [1.82, 2.24) is 14.9 Å². The molecule has 1 aromatic carbocycles. The second kappa shape index (κ2) is 7.41. The summed E-state index contributed by atoms with van der Waals surface area (Å²) in [5, 5.41) is -0.489. The molecule has 3 rings (SSSR count). The number of sulfone groups is 1. The van der Waals surface area contributed by atoms with Crippen molar-refractivity contribution in [2.24, 2.45) is 0 Å². The SMILES string of the molecule is CC(C)S(=O)(=O)c1ccc(C(=O)N2CCN(c3ncccn3)CC2)cc1. The van der Waals surface area contributed by atoms with Crippen LogP contribution in [0.15, 0.2) is 47.6 Å². The molecule has 0 saturated carbocycles. The van der Waals surface area contributed by atoms with Gasteiger partial charge in [0.15, 0.2) is 9.84 Å². The molecule has 26 heavy (non-hydrogen) atoms. The number of amides is 1.